The van der Waals surface area contributed by atoms with Crippen molar-refractivity contribution >= 4 is 29.3 Å². The van der Waals surface area contributed by atoms with Crippen molar-refractivity contribution in [3.8, 4) is 11.8 Å². The molecule has 0 aliphatic heterocycles. The third kappa shape index (κ3) is 5.23. The van der Waals surface area contributed by atoms with E-state index in [1.54, 1.807) is 19.1 Å². The Morgan fingerprint density at radius 1 is 1.11 bits per heavy atom. The molecule has 2 aromatic carbocycles. The molecule has 4 rings (SSSR count). The molecule has 9 nitrogen and oxygen atoms in total. The number of nitrogens with zero attached hydrogens (tertiary/aromatic N) is 5. The van der Waals surface area contributed by atoms with Gasteiger partial charge < -0.3 is 10.1 Å². The summed E-state index contributed by atoms with van der Waals surface area (Å²) < 4.78 is 8.13. The van der Waals surface area contributed by atoms with Crippen molar-refractivity contribution in [2.75, 3.05) is 11.9 Å². The van der Waals surface area contributed by atoms with Gasteiger partial charge in [-0.3, -0.25) is 4.79 Å². The number of nitrogens with one attached hydrogen (secondary N) is 1. The summed E-state index contributed by atoms with van der Waals surface area (Å²) in [6.45, 7) is 3.44. The second-order valence-corrected chi connectivity index (χ2v) is 8.14. The van der Waals surface area contributed by atoms with Crippen molar-refractivity contribution in [2.45, 2.75) is 20.4 Å². The standard InChI is InChI=1S/C25H21ClN6O3/c1-16-8-10-18(11-9-16)14-31-23(26)22(17(2)30-31)25(34)35-15-21(33)29-24-19(12-27)13-28-32(24)20-6-4-3-5-7-20/h3-11,13H,14-15H2,1-2H3,(H,29,33). The molecule has 176 valence electrons. The Hall–Kier alpha value is -4.42. The van der Waals surface area contributed by atoms with E-state index in [4.69, 9.17) is 16.3 Å². The number of amides is 1. The molecule has 4 aromatic rings. The molecule has 0 aliphatic rings. The van der Waals surface area contributed by atoms with E-state index in [9.17, 15) is 14.9 Å². The molecule has 0 radical (unpaired) electrons. The summed E-state index contributed by atoms with van der Waals surface area (Å²) in [6.07, 6.45) is 1.35. The predicted octanol–water partition coefficient (Wildman–Crippen LogP) is 4.05. The van der Waals surface area contributed by atoms with Crippen LogP contribution in [0.1, 0.15) is 32.7 Å². The van der Waals surface area contributed by atoms with Gasteiger partial charge in [-0.15, -0.1) is 0 Å². The summed E-state index contributed by atoms with van der Waals surface area (Å²) in [5, 5.41) is 20.6. The Bertz CT molecular complexity index is 1420. The van der Waals surface area contributed by atoms with Crippen LogP contribution in [0.2, 0.25) is 5.15 Å². The number of ether oxygens (including phenoxy) is 1. The van der Waals surface area contributed by atoms with E-state index in [-0.39, 0.29) is 22.1 Å². The lowest BCUT2D eigenvalue weighted by molar-refractivity contribution is -0.119. The lowest BCUT2D eigenvalue weighted by Gasteiger charge is -2.10. The highest BCUT2D eigenvalue weighted by Gasteiger charge is 2.23. The Morgan fingerprint density at radius 3 is 2.51 bits per heavy atom. The van der Waals surface area contributed by atoms with Crippen LogP contribution in [0.5, 0.6) is 0 Å². The van der Waals surface area contributed by atoms with E-state index in [1.165, 1.54) is 15.6 Å². The van der Waals surface area contributed by atoms with E-state index in [0.717, 1.165) is 11.1 Å². The first-order valence-corrected chi connectivity index (χ1v) is 11.0. The van der Waals surface area contributed by atoms with Gasteiger partial charge in [0.2, 0.25) is 0 Å². The minimum absolute atomic E-state index is 0.0959. The van der Waals surface area contributed by atoms with Gasteiger partial charge in [0, 0.05) is 0 Å². The number of nitriles is 1. The average Bonchev–Trinajstić information content (AvgIpc) is 3.38. The first kappa shape index (κ1) is 23.7. The highest BCUT2D eigenvalue weighted by molar-refractivity contribution is 6.32. The van der Waals surface area contributed by atoms with Crippen molar-refractivity contribution in [3.63, 3.8) is 0 Å². The second-order valence-electron chi connectivity index (χ2n) is 7.78. The van der Waals surface area contributed by atoms with Crippen molar-refractivity contribution in [2.24, 2.45) is 0 Å². The summed E-state index contributed by atoms with van der Waals surface area (Å²) in [5.74, 6) is -1.22. The van der Waals surface area contributed by atoms with Crippen LogP contribution in [-0.4, -0.2) is 38.0 Å². The quantitative estimate of drug-likeness (QED) is 0.392. The van der Waals surface area contributed by atoms with Crippen molar-refractivity contribution in [1.82, 2.24) is 19.6 Å². The minimum atomic E-state index is -0.769. The molecule has 10 heteroatoms. The zero-order valence-corrected chi connectivity index (χ0v) is 19.8. The maximum absolute atomic E-state index is 12.7. The fraction of sp³-hybridized carbons (Fsp3) is 0.160. The molecule has 0 spiro atoms. The number of carbonyl (C=O) groups excluding carboxylic acids is 2. The average molecular weight is 489 g/mol. The summed E-state index contributed by atoms with van der Waals surface area (Å²) in [7, 11) is 0. The molecule has 0 atom stereocenters. The maximum Gasteiger partial charge on any atom is 0.343 e. The maximum atomic E-state index is 12.7. The smallest absolute Gasteiger partial charge is 0.343 e. The molecule has 0 saturated carbocycles. The largest absolute Gasteiger partial charge is 0.452 e. The number of hydrogen-bond acceptors (Lipinski definition) is 6. The Balaban J connectivity index is 1.44. The molecular formula is C25H21ClN6O3. The molecule has 1 amide bonds. The van der Waals surface area contributed by atoms with Gasteiger partial charge in [0.15, 0.2) is 12.4 Å². The third-order valence-electron chi connectivity index (χ3n) is 5.21. The number of halogens is 1. The normalized spacial score (nSPS) is 10.6. The monoisotopic (exact) mass is 488 g/mol. The number of para-hydroxylation sites is 1. The van der Waals surface area contributed by atoms with Crippen LogP contribution in [0.25, 0.3) is 5.69 Å². The first-order valence-electron chi connectivity index (χ1n) is 10.7. The number of aryl methyl sites for hydroxylation is 2. The van der Waals surface area contributed by atoms with Crippen LogP contribution in [0.3, 0.4) is 0 Å². The minimum Gasteiger partial charge on any atom is -0.452 e. The van der Waals surface area contributed by atoms with Crippen molar-refractivity contribution in [3.05, 3.63) is 93.9 Å². The molecule has 0 bridgehead atoms. The topological polar surface area (TPSA) is 115 Å². The molecule has 2 aromatic heterocycles. The van der Waals surface area contributed by atoms with Gasteiger partial charge in [0.25, 0.3) is 5.91 Å². The summed E-state index contributed by atoms with van der Waals surface area (Å²) in [6, 6.07) is 18.9. The second kappa shape index (κ2) is 10.2. The van der Waals surface area contributed by atoms with Gasteiger partial charge >= 0.3 is 5.97 Å². The fourth-order valence-corrected chi connectivity index (χ4v) is 3.75. The highest BCUT2D eigenvalue weighted by atomic mass is 35.5. The van der Waals surface area contributed by atoms with Crippen LogP contribution in [0.4, 0.5) is 5.82 Å². The predicted molar refractivity (Wildman–Crippen MR) is 129 cm³/mol. The number of esters is 1. The van der Waals surface area contributed by atoms with Gasteiger partial charge in [0.05, 0.1) is 24.1 Å². The zero-order valence-electron chi connectivity index (χ0n) is 19.0. The Labute approximate surface area is 206 Å². The van der Waals surface area contributed by atoms with Gasteiger partial charge in [-0.25, -0.2) is 14.2 Å². The van der Waals surface area contributed by atoms with Crippen LogP contribution in [-0.2, 0) is 16.1 Å². The van der Waals surface area contributed by atoms with Crippen molar-refractivity contribution in [1.29, 1.82) is 5.26 Å². The molecular weight excluding hydrogens is 468 g/mol. The summed E-state index contributed by atoms with van der Waals surface area (Å²) in [4.78, 5) is 25.3. The number of anilines is 1. The Kier molecular flexibility index (Phi) is 6.94. The number of benzene rings is 2. The van der Waals surface area contributed by atoms with Gasteiger partial charge in [-0.1, -0.05) is 59.6 Å². The van der Waals surface area contributed by atoms with Gasteiger partial charge in [-0.2, -0.15) is 15.5 Å². The number of aromatic nitrogens is 4. The Morgan fingerprint density at radius 2 is 1.83 bits per heavy atom. The molecule has 0 saturated heterocycles. The number of hydrogen-bond donors (Lipinski definition) is 1. The van der Waals surface area contributed by atoms with E-state index in [2.05, 4.69) is 15.5 Å². The van der Waals surface area contributed by atoms with Crippen LogP contribution in [0, 0.1) is 25.2 Å². The molecule has 35 heavy (non-hydrogen) atoms. The van der Waals surface area contributed by atoms with E-state index in [1.807, 2.05) is 55.5 Å². The van der Waals surface area contributed by atoms with E-state index in [0.29, 0.717) is 17.9 Å². The molecule has 0 fully saturated rings. The summed E-state index contributed by atoms with van der Waals surface area (Å²) in [5.41, 5.74) is 3.42. The molecule has 0 unspecified atom stereocenters. The number of rotatable bonds is 7. The van der Waals surface area contributed by atoms with Crippen LogP contribution < -0.4 is 5.32 Å². The molecule has 0 aliphatic carbocycles. The van der Waals surface area contributed by atoms with Gasteiger partial charge in [0.1, 0.15) is 22.3 Å². The van der Waals surface area contributed by atoms with Crippen LogP contribution >= 0.6 is 11.6 Å². The van der Waals surface area contributed by atoms with E-state index < -0.39 is 18.5 Å². The van der Waals surface area contributed by atoms with Crippen molar-refractivity contribution < 1.29 is 14.3 Å². The zero-order chi connectivity index (χ0) is 24.9. The molecule has 1 N–H and O–H groups in total. The molecule has 2 heterocycles. The highest BCUT2D eigenvalue weighted by Crippen LogP contribution is 2.23. The lowest BCUT2D eigenvalue weighted by Crippen LogP contribution is -2.23. The van der Waals surface area contributed by atoms with E-state index >= 15 is 0 Å². The number of carbonyl (C=O) groups is 2. The summed E-state index contributed by atoms with van der Waals surface area (Å²) >= 11 is 6.42. The fourth-order valence-electron chi connectivity index (χ4n) is 3.44. The van der Waals surface area contributed by atoms with Crippen LogP contribution in [0.15, 0.2) is 60.8 Å². The lowest BCUT2D eigenvalue weighted by atomic mass is 10.1. The van der Waals surface area contributed by atoms with Gasteiger partial charge in [-0.05, 0) is 31.5 Å². The SMILES string of the molecule is Cc1ccc(Cn2nc(C)c(C(=O)OCC(=O)Nc3c(C#N)cnn3-c3ccccc3)c2Cl)cc1. The first-order chi connectivity index (χ1) is 16.9. The third-order valence-corrected chi connectivity index (χ3v) is 5.59.